The first-order valence-corrected chi connectivity index (χ1v) is 3.85. The van der Waals surface area contributed by atoms with E-state index in [1.807, 2.05) is 0 Å². The van der Waals surface area contributed by atoms with Gasteiger partial charge in [0.15, 0.2) is 0 Å². The molecule has 1 N–H and O–H groups in total. The molecule has 3 heteroatoms. The Bertz CT molecular complexity index is 123. The fourth-order valence-corrected chi connectivity index (χ4v) is 0.588. The maximum absolute atomic E-state index is 10.5. The first-order valence-electron chi connectivity index (χ1n) is 3.85. The third-order valence-corrected chi connectivity index (χ3v) is 1.21. The van der Waals surface area contributed by atoms with Crippen molar-refractivity contribution in [2.24, 2.45) is 0 Å². The summed E-state index contributed by atoms with van der Waals surface area (Å²) in [5.41, 5.74) is 2.23. The molecule has 0 aliphatic carbocycles. The van der Waals surface area contributed by atoms with E-state index in [0.29, 0.717) is 6.61 Å². The molecule has 0 saturated carbocycles. The highest BCUT2D eigenvalue weighted by molar-refractivity contribution is 5.85. The molecule has 0 aliphatic heterocycles. The summed E-state index contributed by atoms with van der Waals surface area (Å²) in [6.07, 6.45) is 4.44. The van der Waals surface area contributed by atoms with Crippen LogP contribution in [0.4, 0.5) is 0 Å². The molecule has 0 aliphatic rings. The molecule has 1 amide bonds. The van der Waals surface area contributed by atoms with Crippen molar-refractivity contribution in [2.75, 3.05) is 6.61 Å². The van der Waals surface area contributed by atoms with E-state index >= 15 is 0 Å². The quantitative estimate of drug-likeness (QED) is 0.359. The average molecular weight is 157 g/mol. The highest BCUT2D eigenvalue weighted by Crippen LogP contribution is 1.92. The Balaban J connectivity index is 3.01. The van der Waals surface area contributed by atoms with Crippen LogP contribution in [0.3, 0.4) is 0 Å². The number of unbranched alkanes of at least 4 members (excludes halogenated alkanes) is 2. The molecule has 64 valence electrons. The van der Waals surface area contributed by atoms with Crippen LogP contribution >= 0.6 is 0 Å². The van der Waals surface area contributed by atoms with Gasteiger partial charge in [-0.15, -0.1) is 0 Å². The lowest BCUT2D eigenvalue weighted by molar-refractivity contribution is -0.128. The Labute approximate surface area is 67.4 Å². The van der Waals surface area contributed by atoms with E-state index in [9.17, 15) is 4.79 Å². The van der Waals surface area contributed by atoms with E-state index in [0.717, 1.165) is 19.3 Å². The molecule has 0 unspecified atom stereocenters. The van der Waals surface area contributed by atoms with E-state index in [-0.39, 0.29) is 5.91 Å². The number of amides is 1. The van der Waals surface area contributed by atoms with E-state index in [2.05, 4.69) is 19.0 Å². The highest BCUT2D eigenvalue weighted by Gasteiger charge is 1.91. The van der Waals surface area contributed by atoms with Gasteiger partial charge in [0.1, 0.15) is 0 Å². The van der Waals surface area contributed by atoms with Crippen LogP contribution in [0.5, 0.6) is 0 Å². The Morgan fingerprint density at radius 3 is 2.91 bits per heavy atom. The van der Waals surface area contributed by atoms with Crippen LogP contribution in [0.2, 0.25) is 0 Å². The molecule has 0 aromatic heterocycles. The smallest absolute Gasteiger partial charge is 0.266 e. The molecule has 0 spiro atoms. The van der Waals surface area contributed by atoms with Gasteiger partial charge in [-0.1, -0.05) is 26.3 Å². The van der Waals surface area contributed by atoms with Gasteiger partial charge in [0.2, 0.25) is 0 Å². The van der Waals surface area contributed by atoms with E-state index in [4.69, 9.17) is 4.84 Å². The lowest BCUT2D eigenvalue weighted by atomic mass is 10.3. The van der Waals surface area contributed by atoms with Crippen LogP contribution in [-0.4, -0.2) is 12.5 Å². The molecule has 0 fully saturated rings. The Morgan fingerprint density at radius 2 is 2.36 bits per heavy atom. The van der Waals surface area contributed by atoms with Gasteiger partial charge in [-0.3, -0.25) is 9.63 Å². The Hall–Kier alpha value is -0.830. The van der Waals surface area contributed by atoms with Crippen LogP contribution in [0.25, 0.3) is 0 Å². The van der Waals surface area contributed by atoms with Gasteiger partial charge < -0.3 is 0 Å². The Morgan fingerprint density at radius 1 is 1.64 bits per heavy atom. The summed E-state index contributed by atoms with van der Waals surface area (Å²) in [7, 11) is 0. The molecule has 3 nitrogen and oxygen atoms in total. The fraction of sp³-hybridized carbons (Fsp3) is 0.625. The summed E-state index contributed by atoms with van der Waals surface area (Å²) < 4.78 is 0. The maximum atomic E-state index is 10.5. The third-order valence-electron chi connectivity index (χ3n) is 1.21. The zero-order chi connectivity index (χ0) is 8.53. The normalized spacial score (nSPS) is 9.18. The molecule has 11 heavy (non-hydrogen) atoms. The van der Waals surface area contributed by atoms with Gasteiger partial charge in [0.25, 0.3) is 5.91 Å². The van der Waals surface area contributed by atoms with Crippen molar-refractivity contribution in [3.8, 4) is 0 Å². The molecule has 0 radical (unpaired) electrons. The van der Waals surface area contributed by atoms with E-state index in [1.165, 1.54) is 6.08 Å². The van der Waals surface area contributed by atoms with Gasteiger partial charge >= 0.3 is 0 Å². The minimum absolute atomic E-state index is 0.290. The number of hydrogen-bond donors (Lipinski definition) is 1. The molecule has 0 heterocycles. The zero-order valence-electron chi connectivity index (χ0n) is 6.93. The van der Waals surface area contributed by atoms with Crippen LogP contribution in [0.15, 0.2) is 12.7 Å². The monoisotopic (exact) mass is 157 g/mol. The minimum Gasteiger partial charge on any atom is -0.273 e. The van der Waals surface area contributed by atoms with Crippen molar-refractivity contribution < 1.29 is 9.63 Å². The van der Waals surface area contributed by atoms with Crippen molar-refractivity contribution in [3.05, 3.63) is 12.7 Å². The topological polar surface area (TPSA) is 38.3 Å². The number of rotatable bonds is 6. The maximum Gasteiger partial charge on any atom is 0.266 e. The van der Waals surface area contributed by atoms with Gasteiger partial charge in [-0.2, -0.15) is 0 Å². The number of nitrogens with one attached hydrogen (secondary N) is 1. The molecular weight excluding hydrogens is 142 g/mol. The first kappa shape index (κ1) is 10.2. The third kappa shape index (κ3) is 7.06. The molecular formula is C8H15NO2. The van der Waals surface area contributed by atoms with Crippen molar-refractivity contribution in [3.63, 3.8) is 0 Å². The minimum atomic E-state index is -0.290. The number of carbonyl (C=O) groups excluding carboxylic acids is 1. The average Bonchev–Trinajstić information content (AvgIpc) is 2.04. The van der Waals surface area contributed by atoms with Crippen molar-refractivity contribution in [2.45, 2.75) is 26.2 Å². The largest absolute Gasteiger partial charge is 0.273 e. The fourth-order valence-electron chi connectivity index (χ4n) is 0.588. The number of carbonyl (C=O) groups is 1. The summed E-state index contributed by atoms with van der Waals surface area (Å²) in [5, 5.41) is 0. The van der Waals surface area contributed by atoms with Gasteiger partial charge in [0.05, 0.1) is 6.61 Å². The van der Waals surface area contributed by atoms with Crippen molar-refractivity contribution in [1.82, 2.24) is 5.48 Å². The summed E-state index contributed by atoms with van der Waals surface area (Å²) in [6, 6.07) is 0. The van der Waals surface area contributed by atoms with Crippen molar-refractivity contribution in [1.29, 1.82) is 0 Å². The zero-order valence-corrected chi connectivity index (χ0v) is 6.93. The molecule has 0 aromatic rings. The van der Waals surface area contributed by atoms with Gasteiger partial charge in [0, 0.05) is 0 Å². The van der Waals surface area contributed by atoms with Crippen LogP contribution in [0.1, 0.15) is 26.2 Å². The number of hydroxylamine groups is 1. The first-order chi connectivity index (χ1) is 5.31. The van der Waals surface area contributed by atoms with E-state index in [1.54, 1.807) is 0 Å². The summed E-state index contributed by atoms with van der Waals surface area (Å²) in [5.74, 6) is -0.290. The summed E-state index contributed by atoms with van der Waals surface area (Å²) in [6.45, 7) is 5.97. The molecule has 0 aromatic carbocycles. The summed E-state index contributed by atoms with van der Waals surface area (Å²) >= 11 is 0. The molecule has 0 rings (SSSR count). The van der Waals surface area contributed by atoms with E-state index < -0.39 is 0 Å². The van der Waals surface area contributed by atoms with Gasteiger partial charge in [-0.05, 0) is 12.5 Å². The van der Waals surface area contributed by atoms with Crippen LogP contribution in [0, 0.1) is 0 Å². The second-order valence-electron chi connectivity index (χ2n) is 2.23. The second-order valence-corrected chi connectivity index (χ2v) is 2.23. The standard InChI is InChI=1S/C8H15NO2/c1-3-5-6-7-11-9-8(10)4-2/h4H,2-3,5-7H2,1H3,(H,9,10). The second kappa shape index (κ2) is 7.28. The SMILES string of the molecule is C=CC(=O)NOCCCCC. The molecule has 0 bridgehead atoms. The van der Waals surface area contributed by atoms with Crippen LogP contribution in [-0.2, 0) is 9.63 Å². The predicted octanol–water partition coefficient (Wildman–Crippen LogP) is 1.41. The van der Waals surface area contributed by atoms with Gasteiger partial charge in [-0.25, -0.2) is 5.48 Å². The lowest BCUT2D eigenvalue weighted by Crippen LogP contribution is -2.21. The summed E-state index contributed by atoms with van der Waals surface area (Å²) in [4.78, 5) is 15.3. The highest BCUT2D eigenvalue weighted by atomic mass is 16.6. The lowest BCUT2D eigenvalue weighted by Gasteiger charge is -2.01. The molecule has 0 atom stereocenters. The number of hydrogen-bond acceptors (Lipinski definition) is 2. The van der Waals surface area contributed by atoms with Crippen molar-refractivity contribution >= 4 is 5.91 Å². The predicted molar refractivity (Wildman–Crippen MR) is 43.8 cm³/mol. The van der Waals surface area contributed by atoms with Crippen LogP contribution < -0.4 is 5.48 Å². The Kier molecular flexibility index (Phi) is 6.73. The molecule has 0 saturated heterocycles.